The van der Waals surface area contributed by atoms with Crippen LogP contribution < -0.4 is 5.73 Å². The summed E-state index contributed by atoms with van der Waals surface area (Å²) in [6, 6.07) is 7.85. The molecule has 0 radical (unpaired) electrons. The Kier molecular flexibility index (Phi) is 4.69. The Morgan fingerprint density at radius 3 is 2.50 bits per heavy atom. The fraction of sp³-hybridized carbons (Fsp3) is 0.500. The van der Waals surface area contributed by atoms with E-state index in [9.17, 15) is 4.79 Å². The molecule has 16 heavy (non-hydrogen) atoms. The molecule has 0 fully saturated rings. The summed E-state index contributed by atoms with van der Waals surface area (Å²) in [6.45, 7) is 6.04. The molecule has 2 nitrogen and oxygen atoms in total. The van der Waals surface area contributed by atoms with Crippen LogP contribution in [-0.4, -0.2) is 11.8 Å². The third kappa shape index (κ3) is 3.46. The van der Waals surface area contributed by atoms with Gasteiger partial charge in [0.2, 0.25) is 0 Å². The van der Waals surface area contributed by atoms with E-state index < -0.39 is 0 Å². The molecule has 2 heteroatoms. The van der Waals surface area contributed by atoms with Gasteiger partial charge in [0, 0.05) is 6.42 Å². The third-order valence-corrected chi connectivity index (χ3v) is 2.99. The number of Topliss-reactive ketones (excluding diaryl/α,β-unsaturated/α-hetero) is 1. The molecule has 1 atom stereocenters. The fourth-order valence-electron chi connectivity index (χ4n) is 1.69. The van der Waals surface area contributed by atoms with Gasteiger partial charge < -0.3 is 5.73 Å². The molecule has 0 bridgehead atoms. The lowest BCUT2D eigenvalue weighted by atomic mass is 9.95. The smallest absolute Gasteiger partial charge is 0.150 e. The predicted molar refractivity (Wildman–Crippen MR) is 67.3 cm³/mol. The van der Waals surface area contributed by atoms with E-state index in [-0.39, 0.29) is 17.7 Å². The third-order valence-electron chi connectivity index (χ3n) is 2.99. The summed E-state index contributed by atoms with van der Waals surface area (Å²) in [5.41, 5.74) is 8.30. The fourth-order valence-corrected chi connectivity index (χ4v) is 1.69. The van der Waals surface area contributed by atoms with Gasteiger partial charge >= 0.3 is 0 Å². The van der Waals surface area contributed by atoms with Gasteiger partial charge in [0.05, 0.1) is 6.04 Å². The lowest BCUT2D eigenvalue weighted by molar-refractivity contribution is -0.121. The maximum Gasteiger partial charge on any atom is 0.150 e. The molecule has 0 aliphatic heterocycles. The van der Waals surface area contributed by atoms with Gasteiger partial charge in [-0.1, -0.05) is 38.1 Å². The number of ketones is 1. The van der Waals surface area contributed by atoms with Gasteiger partial charge in [0.15, 0.2) is 0 Å². The van der Waals surface area contributed by atoms with E-state index in [2.05, 4.69) is 19.1 Å². The van der Waals surface area contributed by atoms with Crippen LogP contribution in [-0.2, 0) is 11.2 Å². The van der Waals surface area contributed by atoms with E-state index in [1.165, 1.54) is 11.1 Å². The zero-order valence-corrected chi connectivity index (χ0v) is 10.4. The number of nitrogens with two attached hydrogens (primary N) is 1. The largest absolute Gasteiger partial charge is 0.321 e. The van der Waals surface area contributed by atoms with Crippen molar-refractivity contribution in [2.45, 2.75) is 39.7 Å². The second kappa shape index (κ2) is 5.80. The molecule has 0 spiro atoms. The van der Waals surface area contributed by atoms with Crippen LogP contribution in [0.15, 0.2) is 24.3 Å². The molecule has 0 aliphatic carbocycles. The van der Waals surface area contributed by atoms with Crippen LogP contribution in [0.5, 0.6) is 0 Å². The Morgan fingerprint density at radius 2 is 1.94 bits per heavy atom. The molecule has 0 aromatic heterocycles. The maximum atomic E-state index is 11.7. The molecule has 1 aromatic carbocycles. The zero-order chi connectivity index (χ0) is 12.1. The van der Waals surface area contributed by atoms with E-state index in [4.69, 9.17) is 5.73 Å². The molecule has 0 saturated heterocycles. The second-order valence-corrected chi connectivity index (χ2v) is 4.66. The molecule has 0 saturated carbocycles. The minimum atomic E-state index is -0.316. The highest BCUT2D eigenvalue weighted by Gasteiger charge is 2.16. The van der Waals surface area contributed by atoms with Crippen molar-refractivity contribution in [3.63, 3.8) is 0 Å². The summed E-state index contributed by atoms with van der Waals surface area (Å²) < 4.78 is 0. The molecule has 88 valence electrons. The Balaban J connectivity index is 2.52. The normalized spacial score (nSPS) is 12.8. The van der Waals surface area contributed by atoms with Gasteiger partial charge in [-0.15, -0.1) is 0 Å². The molecule has 0 amide bonds. The van der Waals surface area contributed by atoms with Crippen molar-refractivity contribution in [2.24, 2.45) is 11.7 Å². The topological polar surface area (TPSA) is 43.1 Å². The molecular formula is C14H21NO. The van der Waals surface area contributed by atoms with E-state index in [0.29, 0.717) is 6.42 Å². The van der Waals surface area contributed by atoms with Gasteiger partial charge in [0.1, 0.15) is 5.78 Å². The molecule has 0 aliphatic rings. The Labute approximate surface area is 97.9 Å². The average molecular weight is 219 g/mol. The van der Waals surface area contributed by atoms with Gasteiger partial charge in [0.25, 0.3) is 0 Å². The molecule has 1 rings (SSSR count). The summed E-state index contributed by atoms with van der Waals surface area (Å²) in [5.74, 6) is 0.391. The number of benzene rings is 1. The Hall–Kier alpha value is -1.15. The summed E-state index contributed by atoms with van der Waals surface area (Å²) >= 11 is 0. The Bertz CT molecular complexity index is 358. The molecule has 0 heterocycles. The van der Waals surface area contributed by atoms with E-state index in [1.54, 1.807) is 0 Å². The first-order chi connectivity index (χ1) is 7.52. The first kappa shape index (κ1) is 12.9. The van der Waals surface area contributed by atoms with Crippen LogP contribution in [0.2, 0.25) is 0 Å². The molecule has 1 unspecified atom stereocenters. The van der Waals surface area contributed by atoms with Crippen LogP contribution >= 0.6 is 0 Å². The van der Waals surface area contributed by atoms with Crippen molar-refractivity contribution < 1.29 is 4.79 Å². The van der Waals surface area contributed by atoms with E-state index >= 15 is 0 Å². The van der Waals surface area contributed by atoms with Crippen molar-refractivity contribution in [1.82, 2.24) is 0 Å². The van der Waals surface area contributed by atoms with Gasteiger partial charge in [-0.2, -0.15) is 0 Å². The van der Waals surface area contributed by atoms with Crippen molar-refractivity contribution in [3.8, 4) is 0 Å². The highest BCUT2D eigenvalue weighted by Crippen LogP contribution is 2.11. The van der Waals surface area contributed by atoms with E-state index in [0.717, 1.165) is 6.42 Å². The highest BCUT2D eigenvalue weighted by atomic mass is 16.1. The highest BCUT2D eigenvalue weighted by molar-refractivity contribution is 5.84. The van der Waals surface area contributed by atoms with Crippen LogP contribution in [0.25, 0.3) is 0 Å². The summed E-state index contributed by atoms with van der Waals surface area (Å²) in [7, 11) is 0. The van der Waals surface area contributed by atoms with Crippen LogP contribution in [0, 0.1) is 12.8 Å². The number of hydrogen-bond donors (Lipinski definition) is 1. The van der Waals surface area contributed by atoms with Crippen molar-refractivity contribution >= 4 is 5.78 Å². The number of aryl methyl sites for hydroxylation is 2. The average Bonchev–Trinajstić information content (AvgIpc) is 2.26. The minimum absolute atomic E-state index is 0.165. The SMILES string of the molecule is Cc1ccccc1CCC(=O)C(N)C(C)C. The first-order valence-corrected chi connectivity index (χ1v) is 5.85. The summed E-state index contributed by atoms with van der Waals surface area (Å²) in [5, 5.41) is 0. The second-order valence-electron chi connectivity index (χ2n) is 4.66. The number of carbonyl (C=O) groups excluding carboxylic acids is 1. The van der Waals surface area contributed by atoms with Crippen LogP contribution in [0.3, 0.4) is 0 Å². The van der Waals surface area contributed by atoms with Gasteiger partial charge in [-0.25, -0.2) is 0 Å². The van der Waals surface area contributed by atoms with Crippen LogP contribution in [0.1, 0.15) is 31.4 Å². The zero-order valence-electron chi connectivity index (χ0n) is 10.4. The van der Waals surface area contributed by atoms with Gasteiger partial charge in [-0.05, 0) is 30.4 Å². The van der Waals surface area contributed by atoms with Crippen molar-refractivity contribution in [2.75, 3.05) is 0 Å². The van der Waals surface area contributed by atoms with Crippen molar-refractivity contribution in [3.05, 3.63) is 35.4 Å². The lowest BCUT2D eigenvalue weighted by Crippen LogP contribution is -2.35. The monoisotopic (exact) mass is 219 g/mol. The van der Waals surface area contributed by atoms with Crippen molar-refractivity contribution in [1.29, 1.82) is 0 Å². The molecule has 1 aromatic rings. The van der Waals surface area contributed by atoms with Crippen LogP contribution in [0.4, 0.5) is 0 Å². The van der Waals surface area contributed by atoms with Gasteiger partial charge in [-0.3, -0.25) is 4.79 Å². The molecule has 2 N–H and O–H groups in total. The predicted octanol–water partition coefficient (Wildman–Crippen LogP) is 2.48. The minimum Gasteiger partial charge on any atom is -0.321 e. The quantitative estimate of drug-likeness (QED) is 0.826. The summed E-state index contributed by atoms with van der Waals surface area (Å²) in [6.07, 6.45) is 1.34. The first-order valence-electron chi connectivity index (χ1n) is 5.85. The standard InChI is InChI=1S/C14H21NO/c1-10(2)14(15)13(16)9-8-12-7-5-4-6-11(12)3/h4-7,10,14H,8-9,15H2,1-3H3. The number of rotatable bonds is 5. The summed E-state index contributed by atoms with van der Waals surface area (Å²) in [4.78, 5) is 11.7. The molecular weight excluding hydrogens is 198 g/mol. The van der Waals surface area contributed by atoms with E-state index in [1.807, 2.05) is 26.0 Å². The number of hydrogen-bond acceptors (Lipinski definition) is 2. The number of carbonyl (C=O) groups is 1. The Morgan fingerprint density at radius 1 is 1.31 bits per heavy atom. The lowest BCUT2D eigenvalue weighted by Gasteiger charge is -2.14. The maximum absolute atomic E-state index is 11.7.